The maximum atomic E-state index is 13.7. The second-order valence-electron chi connectivity index (χ2n) is 13.7. The summed E-state index contributed by atoms with van der Waals surface area (Å²) in [5.74, 6) is -1.37. The largest absolute Gasteiger partial charge is 0.494 e. The van der Waals surface area contributed by atoms with Gasteiger partial charge in [0, 0.05) is 40.9 Å². The van der Waals surface area contributed by atoms with Gasteiger partial charge in [-0.15, -0.1) is 0 Å². The Labute approximate surface area is 253 Å². The van der Waals surface area contributed by atoms with E-state index in [1.54, 1.807) is 12.0 Å². The van der Waals surface area contributed by atoms with Gasteiger partial charge in [-0.05, 0) is 56.4 Å². The first kappa shape index (κ1) is 32.9. The maximum Gasteiger partial charge on any atom is 0.334 e. The van der Waals surface area contributed by atoms with E-state index in [4.69, 9.17) is 20.6 Å². The Hall–Kier alpha value is -2.97. The number of amides is 3. The second-order valence-corrected chi connectivity index (χ2v) is 19.3. The number of nitrogen functional groups attached to an aromatic ring is 1. The monoisotopic (exact) mass is 620 g/mol. The van der Waals surface area contributed by atoms with E-state index in [9.17, 15) is 24.3 Å². The lowest BCUT2D eigenvalue weighted by atomic mass is 9.51. The Morgan fingerprint density at radius 3 is 2.30 bits per heavy atom. The molecule has 1 aromatic rings. The average molecular weight is 621 g/mol. The van der Waals surface area contributed by atoms with Gasteiger partial charge in [0.25, 0.3) is 11.5 Å². The summed E-state index contributed by atoms with van der Waals surface area (Å²) >= 11 is 0. The summed E-state index contributed by atoms with van der Waals surface area (Å²) in [6.07, 6.45) is 4.79. The molecule has 0 unspecified atom stereocenters. The summed E-state index contributed by atoms with van der Waals surface area (Å²) < 4.78 is 13.3. The number of imide groups is 1. The number of amidine groups is 1. The van der Waals surface area contributed by atoms with Crippen LogP contribution in [0.3, 0.4) is 0 Å². The summed E-state index contributed by atoms with van der Waals surface area (Å²) in [5, 5.41) is 18.5. The van der Waals surface area contributed by atoms with Gasteiger partial charge >= 0.3 is 11.7 Å². The van der Waals surface area contributed by atoms with Crippen LogP contribution in [0.25, 0.3) is 0 Å². The Morgan fingerprint density at radius 2 is 1.74 bits per heavy atom. The number of aromatic hydroxyl groups is 1. The lowest BCUT2D eigenvalue weighted by Crippen LogP contribution is -2.64. The highest BCUT2D eigenvalue weighted by Crippen LogP contribution is 2.62. The van der Waals surface area contributed by atoms with Gasteiger partial charge in [0.1, 0.15) is 23.7 Å². The second kappa shape index (κ2) is 12.6. The van der Waals surface area contributed by atoms with Crippen molar-refractivity contribution in [3.05, 3.63) is 26.4 Å². The molecule has 43 heavy (non-hydrogen) atoms. The molecule has 2 aliphatic carbocycles. The Kier molecular flexibility index (Phi) is 9.62. The topological polar surface area (TPSA) is 173 Å². The summed E-state index contributed by atoms with van der Waals surface area (Å²) in [4.78, 5) is 56.7. The van der Waals surface area contributed by atoms with Crippen LogP contribution in [-0.2, 0) is 20.8 Å². The lowest BCUT2D eigenvalue weighted by Gasteiger charge is -2.58. The number of unbranched alkanes of at least 4 members (excludes halogenated alkanes) is 1. The van der Waals surface area contributed by atoms with Crippen molar-refractivity contribution in [2.45, 2.75) is 102 Å². The van der Waals surface area contributed by atoms with Crippen LogP contribution >= 0.6 is 0 Å². The molecular weight excluding hydrogens is 572 g/mol. The summed E-state index contributed by atoms with van der Waals surface area (Å²) in [6, 6.07) is 0.169. The van der Waals surface area contributed by atoms with Gasteiger partial charge in [-0.1, -0.05) is 33.0 Å². The van der Waals surface area contributed by atoms with Crippen LogP contribution in [0.5, 0.6) is 5.88 Å². The van der Waals surface area contributed by atoms with Crippen molar-refractivity contribution in [1.29, 1.82) is 5.41 Å². The number of aromatic nitrogens is 2. The van der Waals surface area contributed by atoms with Crippen molar-refractivity contribution in [3.8, 4) is 5.88 Å². The number of methoxy groups -OCH3 is 1. The Bertz CT molecular complexity index is 1350. The first-order valence-corrected chi connectivity index (χ1v) is 19.1. The summed E-state index contributed by atoms with van der Waals surface area (Å²) in [6.45, 7) is 9.97. The number of hydrogen-bond donors (Lipinski definition) is 3. The third-order valence-corrected chi connectivity index (χ3v) is 11.1. The fraction of sp³-hybridized carbons (Fsp3) is 0.759. The molecule has 3 fully saturated rings. The number of urea groups is 1. The molecule has 2 saturated carbocycles. The van der Waals surface area contributed by atoms with Crippen molar-refractivity contribution in [3.63, 3.8) is 0 Å². The van der Waals surface area contributed by atoms with Crippen molar-refractivity contribution >= 4 is 25.8 Å². The van der Waals surface area contributed by atoms with Gasteiger partial charge in [-0.2, -0.15) is 0 Å². The Balaban J connectivity index is 1.51. The number of carbonyl (C=O) groups excluding carboxylic acids is 2. The number of nitrogens with one attached hydrogen (secondary N) is 1. The SMILES string of the molecule is CCCCn1c(O)c(C(=N)N)c(=O)n(C2CCC3(CC2)CC2(C3)C(=O)N(COCC[Si](C)(C)C)C(=O)N2CCOC)c1=O. The molecule has 0 bridgehead atoms. The average Bonchev–Trinajstić information content (AvgIpc) is 3.10. The number of nitrogens with zero attached hydrogens (tertiary/aromatic N) is 4. The van der Waals surface area contributed by atoms with Crippen LogP contribution in [0.15, 0.2) is 9.59 Å². The predicted octanol–water partition coefficient (Wildman–Crippen LogP) is 2.66. The molecule has 2 spiro atoms. The molecule has 4 rings (SSSR count). The van der Waals surface area contributed by atoms with Gasteiger partial charge in [0.05, 0.1) is 6.61 Å². The van der Waals surface area contributed by atoms with Gasteiger partial charge < -0.3 is 25.2 Å². The molecule has 0 aromatic carbocycles. The molecule has 3 aliphatic rings. The maximum absolute atomic E-state index is 13.7. The van der Waals surface area contributed by atoms with Crippen LogP contribution < -0.4 is 17.0 Å². The number of carbonyl (C=O) groups is 2. The van der Waals surface area contributed by atoms with E-state index in [1.165, 1.54) is 4.90 Å². The summed E-state index contributed by atoms with van der Waals surface area (Å²) in [5.41, 5.74) is 2.82. The third-order valence-electron chi connectivity index (χ3n) is 9.43. The fourth-order valence-corrected chi connectivity index (χ4v) is 7.77. The van der Waals surface area contributed by atoms with Crippen LogP contribution in [0.2, 0.25) is 25.7 Å². The minimum atomic E-state index is -1.32. The summed E-state index contributed by atoms with van der Waals surface area (Å²) in [7, 11) is 0.244. The first-order valence-electron chi connectivity index (χ1n) is 15.3. The van der Waals surface area contributed by atoms with E-state index in [0.29, 0.717) is 64.7 Å². The number of ether oxygens (including phenoxy) is 2. The van der Waals surface area contributed by atoms with E-state index in [0.717, 1.165) is 21.6 Å². The van der Waals surface area contributed by atoms with E-state index in [-0.39, 0.29) is 36.2 Å². The van der Waals surface area contributed by atoms with Crippen LogP contribution in [-0.4, -0.2) is 89.0 Å². The molecule has 1 saturated heterocycles. The number of hydrogen-bond acceptors (Lipinski definition) is 8. The number of rotatable bonds is 13. The van der Waals surface area contributed by atoms with Crippen LogP contribution in [0.1, 0.15) is 69.9 Å². The standard InChI is InChI=1S/C29H48N6O7Si/c1-6-7-12-32-23(36)21(22(30)31)24(37)35(27(32)40)20-8-10-28(11-9-20)17-29(18-28)25(38)33(19-42-15-16-43(3,4)5)26(39)34(29)13-14-41-2/h20,36H,6-19H2,1-5H3,(H3,30,31). The zero-order chi connectivity index (χ0) is 31.7. The molecule has 14 heteroatoms. The minimum Gasteiger partial charge on any atom is -0.494 e. The molecular formula is C29H48N6O7Si. The van der Waals surface area contributed by atoms with Crippen LogP contribution in [0, 0.1) is 10.8 Å². The molecule has 0 radical (unpaired) electrons. The van der Waals surface area contributed by atoms with E-state index in [2.05, 4.69) is 19.6 Å². The molecule has 1 aromatic heterocycles. The van der Waals surface area contributed by atoms with E-state index >= 15 is 0 Å². The van der Waals surface area contributed by atoms with Gasteiger partial charge in [0.2, 0.25) is 5.88 Å². The molecule has 2 heterocycles. The zero-order valence-corrected chi connectivity index (χ0v) is 27.2. The van der Waals surface area contributed by atoms with Crippen molar-refractivity contribution in [1.82, 2.24) is 18.9 Å². The van der Waals surface area contributed by atoms with Crippen molar-refractivity contribution in [2.75, 3.05) is 33.6 Å². The van der Waals surface area contributed by atoms with Gasteiger partial charge in [-0.25, -0.2) is 14.5 Å². The van der Waals surface area contributed by atoms with Crippen LogP contribution in [0.4, 0.5) is 4.79 Å². The molecule has 13 nitrogen and oxygen atoms in total. The highest BCUT2D eigenvalue weighted by Gasteiger charge is 2.68. The Morgan fingerprint density at radius 1 is 1.09 bits per heavy atom. The molecule has 240 valence electrons. The zero-order valence-electron chi connectivity index (χ0n) is 26.2. The highest BCUT2D eigenvalue weighted by atomic mass is 28.3. The van der Waals surface area contributed by atoms with Gasteiger partial charge in [0.15, 0.2) is 0 Å². The number of nitrogens with two attached hydrogens (primary N) is 1. The van der Waals surface area contributed by atoms with E-state index < -0.39 is 42.6 Å². The van der Waals surface area contributed by atoms with E-state index in [1.807, 2.05) is 6.92 Å². The lowest BCUT2D eigenvalue weighted by molar-refractivity contribution is -0.153. The van der Waals surface area contributed by atoms with Crippen molar-refractivity contribution < 1.29 is 24.2 Å². The quantitative estimate of drug-likeness (QED) is 0.0992. The normalized spacial score (nSPS) is 25.7. The molecule has 1 aliphatic heterocycles. The predicted molar refractivity (Wildman–Crippen MR) is 164 cm³/mol. The smallest absolute Gasteiger partial charge is 0.334 e. The molecule has 0 atom stereocenters. The highest BCUT2D eigenvalue weighted by molar-refractivity contribution is 6.76. The van der Waals surface area contributed by atoms with Crippen molar-refractivity contribution in [2.24, 2.45) is 11.1 Å². The van der Waals surface area contributed by atoms with Gasteiger partial charge in [-0.3, -0.25) is 24.1 Å². The fourth-order valence-electron chi connectivity index (χ4n) is 7.01. The third kappa shape index (κ3) is 6.18. The molecule has 4 N–H and O–H groups in total. The molecule has 3 amide bonds. The first-order chi connectivity index (χ1) is 20.2. The minimum absolute atomic E-state index is 0.0605.